The van der Waals surface area contributed by atoms with Crippen molar-refractivity contribution in [1.29, 1.82) is 0 Å². The predicted octanol–water partition coefficient (Wildman–Crippen LogP) is 2.16. The molecule has 2 unspecified atom stereocenters. The van der Waals surface area contributed by atoms with Gasteiger partial charge in [-0.1, -0.05) is 6.42 Å². The highest BCUT2D eigenvalue weighted by molar-refractivity contribution is 5.72. The number of alkyl halides is 3. The number of hydrogen-bond donors (Lipinski definition) is 2. The van der Waals surface area contributed by atoms with Crippen LogP contribution in [0.3, 0.4) is 0 Å². The van der Waals surface area contributed by atoms with Crippen LogP contribution in [0, 0.1) is 5.92 Å². The van der Waals surface area contributed by atoms with Gasteiger partial charge in [0.05, 0.1) is 5.92 Å². The monoisotopic (exact) mass is 275 g/mol. The molecule has 2 N–H and O–H groups in total. The lowest BCUT2D eigenvalue weighted by atomic mass is 10.0. The first-order valence-electron chi connectivity index (χ1n) is 5.77. The summed E-state index contributed by atoms with van der Waals surface area (Å²) in [5.74, 6) is -1.76. The van der Waals surface area contributed by atoms with E-state index >= 15 is 0 Å². The van der Waals surface area contributed by atoms with Crippen molar-refractivity contribution in [2.45, 2.75) is 31.5 Å². The lowest BCUT2D eigenvalue weighted by Gasteiger charge is -2.17. The molecular weight excluding hydrogens is 263 g/mol. The molecule has 2 rings (SSSR count). The van der Waals surface area contributed by atoms with E-state index < -0.39 is 29.8 Å². The van der Waals surface area contributed by atoms with Crippen molar-refractivity contribution >= 4 is 11.9 Å². The first-order valence-corrected chi connectivity index (χ1v) is 5.77. The van der Waals surface area contributed by atoms with Gasteiger partial charge in [-0.05, 0) is 18.9 Å². The molecule has 1 aromatic rings. The number of carboxylic acid groups (broad SMARTS) is 1. The number of hydrogen-bond acceptors (Lipinski definition) is 4. The fraction of sp³-hybridized carbons (Fsp3) is 0.545. The molecule has 1 aliphatic rings. The van der Waals surface area contributed by atoms with E-state index in [1.54, 1.807) is 0 Å². The summed E-state index contributed by atoms with van der Waals surface area (Å²) >= 11 is 0. The van der Waals surface area contributed by atoms with Gasteiger partial charge in [0.25, 0.3) is 0 Å². The Morgan fingerprint density at radius 3 is 2.79 bits per heavy atom. The number of nitrogens with one attached hydrogen (secondary N) is 1. The van der Waals surface area contributed by atoms with Crippen molar-refractivity contribution < 1.29 is 23.1 Å². The van der Waals surface area contributed by atoms with Crippen molar-refractivity contribution in [2.75, 3.05) is 5.32 Å². The SMILES string of the molecule is O=C(O)C1CCCC1Nc1nccc(C(F)(F)F)n1. The summed E-state index contributed by atoms with van der Waals surface area (Å²) in [5.41, 5.74) is -1.05. The van der Waals surface area contributed by atoms with Crippen molar-refractivity contribution in [3.63, 3.8) is 0 Å². The van der Waals surface area contributed by atoms with E-state index in [9.17, 15) is 18.0 Å². The van der Waals surface area contributed by atoms with Crippen LogP contribution in [0.15, 0.2) is 12.3 Å². The molecule has 0 aromatic carbocycles. The van der Waals surface area contributed by atoms with E-state index in [1.165, 1.54) is 0 Å². The molecule has 0 saturated heterocycles. The molecule has 0 bridgehead atoms. The highest BCUT2D eigenvalue weighted by atomic mass is 19.4. The molecule has 0 amide bonds. The minimum atomic E-state index is -4.54. The van der Waals surface area contributed by atoms with Crippen LogP contribution in [-0.4, -0.2) is 27.1 Å². The Hall–Kier alpha value is -1.86. The molecule has 0 radical (unpaired) electrons. The maximum Gasteiger partial charge on any atom is 0.433 e. The van der Waals surface area contributed by atoms with Gasteiger partial charge < -0.3 is 10.4 Å². The van der Waals surface area contributed by atoms with Crippen LogP contribution < -0.4 is 5.32 Å². The zero-order chi connectivity index (χ0) is 14.0. The van der Waals surface area contributed by atoms with Crippen LogP contribution >= 0.6 is 0 Å². The number of carboxylic acids is 1. The van der Waals surface area contributed by atoms with Gasteiger partial charge in [0.1, 0.15) is 5.69 Å². The van der Waals surface area contributed by atoms with Gasteiger partial charge in [0.15, 0.2) is 0 Å². The number of nitrogens with zero attached hydrogens (tertiary/aromatic N) is 2. The Morgan fingerprint density at radius 2 is 2.16 bits per heavy atom. The average Bonchev–Trinajstić information content (AvgIpc) is 2.76. The fourth-order valence-corrected chi connectivity index (χ4v) is 2.18. The lowest BCUT2D eigenvalue weighted by molar-refractivity contribution is -0.142. The molecule has 1 fully saturated rings. The molecule has 8 heteroatoms. The van der Waals surface area contributed by atoms with E-state index in [0.717, 1.165) is 12.3 Å². The zero-order valence-corrected chi connectivity index (χ0v) is 9.81. The second-order valence-electron chi connectivity index (χ2n) is 4.39. The van der Waals surface area contributed by atoms with Gasteiger partial charge in [0, 0.05) is 12.2 Å². The normalized spacial score (nSPS) is 23.3. The second kappa shape index (κ2) is 5.02. The number of halogens is 3. The van der Waals surface area contributed by atoms with Gasteiger partial charge in [-0.3, -0.25) is 4.79 Å². The molecular formula is C11H12F3N3O2. The van der Waals surface area contributed by atoms with Gasteiger partial charge in [-0.25, -0.2) is 9.97 Å². The lowest BCUT2D eigenvalue weighted by Crippen LogP contribution is -2.30. The van der Waals surface area contributed by atoms with E-state index in [2.05, 4.69) is 15.3 Å². The van der Waals surface area contributed by atoms with Gasteiger partial charge in [-0.15, -0.1) is 0 Å². The number of carbonyl (C=O) groups is 1. The van der Waals surface area contributed by atoms with E-state index in [4.69, 9.17) is 5.11 Å². The number of rotatable bonds is 3. The summed E-state index contributed by atoms with van der Waals surface area (Å²) in [6.07, 6.45) is -1.74. The summed E-state index contributed by atoms with van der Waals surface area (Å²) in [5, 5.41) is 11.7. The summed E-state index contributed by atoms with van der Waals surface area (Å²) in [4.78, 5) is 18.0. The quantitative estimate of drug-likeness (QED) is 0.884. The standard InChI is InChI=1S/C11H12F3N3O2/c12-11(13,14)8-4-5-15-10(17-8)16-7-3-1-2-6(7)9(18)19/h4-7H,1-3H2,(H,18,19)(H,15,16,17). The summed E-state index contributed by atoms with van der Waals surface area (Å²) in [6.45, 7) is 0. The number of aromatic nitrogens is 2. The first-order chi connectivity index (χ1) is 8.88. The molecule has 5 nitrogen and oxygen atoms in total. The van der Waals surface area contributed by atoms with Gasteiger partial charge in [0.2, 0.25) is 5.95 Å². The number of aliphatic carboxylic acids is 1. The van der Waals surface area contributed by atoms with Crippen LogP contribution in [-0.2, 0) is 11.0 Å². The zero-order valence-electron chi connectivity index (χ0n) is 9.81. The van der Waals surface area contributed by atoms with Crippen molar-refractivity contribution in [1.82, 2.24) is 9.97 Å². The van der Waals surface area contributed by atoms with Crippen LogP contribution in [0.4, 0.5) is 19.1 Å². The predicted molar refractivity (Wildman–Crippen MR) is 59.4 cm³/mol. The third-order valence-electron chi connectivity index (χ3n) is 3.09. The fourth-order valence-electron chi connectivity index (χ4n) is 2.18. The maximum absolute atomic E-state index is 12.5. The van der Waals surface area contributed by atoms with Crippen molar-refractivity contribution in [2.24, 2.45) is 5.92 Å². The van der Waals surface area contributed by atoms with E-state index in [1.807, 2.05) is 0 Å². The third-order valence-corrected chi connectivity index (χ3v) is 3.09. The average molecular weight is 275 g/mol. The topological polar surface area (TPSA) is 75.1 Å². The Morgan fingerprint density at radius 1 is 1.42 bits per heavy atom. The van der Waals surface area contributed by atoms with Crippen LogP contribution in [0.5, 0.6) is 0 Å². The van der Waals surface area contributed by atoms with Gasteiger partial charge >= 0.3 is 12.1 Å². The van der Waals surface area contributed by atoms with Crippen molar-refractivity contribution in [3.8, 4) is 0 Å². The Kier molecular flexibility index (Phi) is 3.59. The number of anilines is 1. The Labute approximate surface area is 106 Å². The third kappa shape index (κ3) is 3.12. The molecule has 2 atom stereocenters. The summed E-state index contributed by atoms with van der Waals surface area (Å²) < 4.78 is 37.4. The molecule has 19 heavy (non-hydrogen) atoms. The Bertz CT molecular complexity index is 478. The molecule has 1 aliphatic carbocycles. The second-order valence-corrected chi connectivity index (χ2v) is 4.39. The highest BCUT2D eigenvalue weighted by Crippen LogP contribution is 2.30. The van der Waals surface area contributed by atoms with Crippen LogP contribution in [0.2, 0.25) is 0 Å². The Balaban J connectivity index is 2.13. The summed E-state index contributed by atoms with van der Waals surface area (Å²) in [7, 11) is 0. The first kappa shape index (κ1) is 13.6. The molecule has 1 aromatic heterocycles. The minimum Gasteiger partial charge on any atom is -0.481 e. The molecule has 0 spiro atoms. The van der Waals surface area contributed by atoms with Crippen LogP contribution in [0.1, 0.15) is 25.0 Å². The molecule has 104 valence electrons. The highest BCUT2D eigenvalue weighted by Gasteiger charge is 2.35. The summed E-state index contributed by atoms with van der Waals surface area (Å²) in [6, 6.07) is 0.343. The largest absolute Gasteiger partial charge is 0.481 e. The van der Waals surface area contributed by atoms with Gasteiger partial charge in [-0.2, -0.15) is 13.2 Å². The smallest absolute Gasteiger partial charge is 0.433 e. The van der Waals surface area contributed by atoms with E-state index in [0.29, 0.717) is 19.3 Å². The van der Waals surface area contributed by atoms with Crippen LogP contribution in [0.25, 0.3) is 0 Å². The maximum atomic E-state index is 12.5. The molecule has 0 aliphatic heterocycles. The molecule has 1 heterocycles. The van der Waals surface area contributed by atoms with Crippen molar-refractivity contribution in [3.05, 3.63) is 18.0 Å². The molecule has 1 saturated carbocycles. The minimum absolute atomic E-state index is 0.187. The van der Waals surface area contributed by atoms with E-state index in [-0.39, 0.29) is 5.95 Å².